The van der Waals surface area contributed by atoms with Crippen LogP contribution >= 0.6 is 11.8 Å². The Balaban J connectivity index is 3.03. The molecule has 0 aromatic heterocycles. The minimum atomic E-state index is -0.521. The SMILES string of the molecule is COC(C)Sc1ccc(NC(C)=O)c([N+](=O)[O-])c1. The number of ether oxygens (including phenoxy) is 1. The molecule has 1 aromatic carbocycles. The topological polar surface area (TPSA) is 81.5 Å². The van der Waals surface area contributed by atoms with E-state index in [4.69, 9.17) is 4.74 Å². The Morgan fingerprint density at radius 2 is 2.22 bits per heavy atom. The third-order valence-corrected chi connectivity index (χ3v) is 3.16. The number of nitro benzene ring substituents is 1. The molecule has 0 saturated carbocycles. The van der Waals surface area contributed by atoms with Gasteiger partial charge in [-0.25, -0.2) is 0 Å². The molecule has 0 radical (unpaired) electrons. The highest BCUT2D eigenvalue weighted by Crippen LogP contribution is 2.32. The third-order valence-electron chi connectivity index (χ3n) is 2.11. The van der Waals surface area contributed by atoms with Crippen molar-refractivity contribution >= 4 is 29.0 Å². The van der Waals surface area contributed by atoms with E-state index in [-0.39, 0.29) is 22.7 Å². The van der Waals surface area contributed by atoms with Crippen LogP contribution in [-0.4, -0.2) is 23.4 Å². The minimum absolute atomic E-state index is 0.101. The van der Waals surface area contributed by atoms with Crippen molar-refractivity contribution in [3.8, 4) is 0 Å². The second kappa shape index (κ2) is 6.36. The fraction of sp³-hybridized carbons (Fsp3) is 0.364. The summed E-state index contributed by atoms with van der Waals surface area (Å²) in [5, 5.41) is 13.4. The van der Waals surface area contributed by atoms with Crippen LogP contribution in [0.3, 0.4) is 0 Å². The van der Waals surface area contributed by atoms with Crippen LogP contribution in [0.4, 0.5) is 11.4 Å². The van der Waals surface area contributed by atoms with E-state index in [0.717, 1.165) is 0 Å². The van der Waals surface area contributed by atoms with E-state index in [1.54, 1.807) is 13.2 Å². The van der Waals surface area contributed by atoms with Gasteiger partial charge in [-0.05, 0) is 19.1 Å². The normalized spacial score (nSPS) is 11.9. The maximum atomic E-state index is 10.9. The predicted octanol–water partition coefficient (Wildman–Crippen LogP) is 2.64. The molecule has 98 valence electrons. The first-order chi connectivity index (χ1) is 8.43. The summed E-state index contributed by atoms with van der Waals surface area (Å²) in [6.07, 6.45) is 0. The first-order valence-electron chi connectivity index (χ1n) is 5.19. The summed E-state index contributed by atoms with van der Waals surface area (Å²) in [4.78, 5) is 22.1. The smallest absolute Gasteiger partial charge is 0.293 e. The predicted molar refractivity (Wildman–Crippen MR) is 69.7 cm³/mol. The van der Waals surface area contributed by atoms with Crippen LogP contribution in [0.2, 0.25) is 0 Å². The molecule has 18 heavy (non-hydrogen) atoms. The summed E-state index contributed by atoms with van der Waals surface area (Å²) >= 11 is 1.36. The van der Waals surface area contributed by atoms with Gasteiger partial charge in [-0.1, -0.05) is 11.8 Å². The Hall–Kier alpha value is -1.60. The van der Waals surface area contributed by atoms with Crippen molar-refractivity contribution in [1.29, 1.82) is 0 Å². The second-order valence-electron chi connectivity index (χ2n) is 3.54. The number of anilines is 1. The molecular formula is C11H14N2O4S. The van der Waals surface area contributed by atoms with Gasteiger partial charge in [-0.3, -0.25) is 14.9 Å². The van der Waals surface area contributed by atoms with Crippen molar-refractivity contribution in [2.24, 2.45) is 0 Å². The zero-order valence-electron chi connectivity index (χ0n) is 10.3. The molecule has 1 N–H and O–H groups in total. The third kappa shape index (κ3) is 4.01. The Bertz CT molecular complexity index is 464. The molecule has 0 aliphatic rings. The number of nitrogens with one attached hydrogen (secondary N) is 1. The molecule has 0 fully saturated rings. The molecule has 1 aromatic rings. The summed E-state index contributed by atoms with van der Waals surface area (Å²) in [6.45, 7) is 3.15. The van der Waals surface area contributed by atoms with Gasteiger partial charge in [-0.15, -0.1) is 0 Å². The number of hydrogen-bond donors (Lipinski definition) is 1. The standard InChI is InChI=1S/C11H14N2O4S/c1-7(14)12-10-5-4-9(18-8(2)17-3)6-11(10)13(15)16/h4-6,8H,1-3H3,(H,12,14). The van der Waals surface area contributed by atoms with E-state index >= 15 is 0 Å². The number of benzene rings is 1. The Morgan fingerprint density at radius 1 is 1.56 bits per heavy atom. The van der Waals surface area contributed by atoms with Gasteiger partial charge in [-0.2, -0.15) is 0 Å². The molecule has 1 rings (SSSR count). The maximum Gasteiger partial charge on any atom is 0.293 e. The van der Waals surface area contributed by atoms with Crippen molar-refractivity contribution in [3.63, 3.8) is 0 Å². The van der Waals surface area contributed by atoms with E-state index in [1.807, 2.05) is 6.92 Å². The molecule has 0 heterocycles. The van der Waals surface area contributed by atoms with E-state index in [9.17, 15) is 14.9 Å². The number of hydrogen-bond acceptors (Lipinski definition) is 5. The van der Waals surface area contributed by atoms with Crippen LogP contribution in [-0.2, 0) is 9.53 Å². The maximum absolute atomic E-state index is 10.9. The molecule has 1 unspecified atom stereocenters. The van der Waals surface area contributed by atoms with Gasteiger partial charge >= 0.3 is 0 Å². The summed E-state index contributed by atoms with van der Waals surface area (Å²) < 4.78 is 5.07. The number of rotatable bonds is 5. The highest BCUT2D eigenvalue weighted by molar-refractivity contribution is 7.99. The lowest BCUT2D eigenvalue weighted by molar-refractivity contribution is -0.384. The molecule has 0 spiro atoms. The van der Waals surface area contributed by atoms with Gasteiger partial charge in [0, 0.05) is 25.0 Å². The van der Waals surface area contributed by atoms with Gasteiger partial charge in [0.25, 0.3) is 5.69 Å². The zero-order valence-corrected chi connectivity index (χ0v) is 11.1. The number of carbonyl (C=O) groups is 1. The molecule has 6 nitrogen and oxygen atoms in total. The zero-order chi connectivity index (χ0) is 13.7. The van der Waals surface area contributed by atoms with Gasteiger partial charge in [0.05, 0.1) is 4.92 Å². The van der Waals surface area contributed by atoms with E-state index in [2.05, 4.69) is 5.32 Å². The summed E-state index contributed by atoms with van der Waals surface area (Å²) in [7, 11) is 1.57. The lowest BCUT2D eigenvalue weighted by Crippen LogP contribution is -2.08. The van der Waals surface area contributed by atoms with E-state index in [1.165, 1.54) is 30.8 Å². The number of carbonyl (C=O) groups excluding carboxylic acids is 1. The van der Waals surface area contributed by atoms with Gasteiger partial charge < -0.3 is 10.1 Å². The van der Waals surface area contributed by atoms with Gasteiger partial charge in [0.1, 0.15) is 11.1 Å². The van der Waals surface area contributed by atoms with E-state index < -0.39 is 4.92 Å². The van der Waals surface area contributed by atoms with Gasteiger partial charge in [0.2, 0.25) is 5.91 Å². The van der Waals surface area contributed by atoms with Crippen LogP contribution in [0.1, 0.15) is 13.8 Å². The summed E-state index contributed by atoms with van der Waals surface area (Å²) in [6, 6.07) is 4.65. The molecular weight excluding hydrogens is 256 g/mol. The average molecular weight is 270 g/mol. The highest BCUT2D eigenvalue weighted by Gasteiger charge is 2.16. The van der Waals surface area contributed by atoms with Gasteiger partial charge in [0.15, 0.2) is 0 Å². The minimum Gasteiger partial charge on any atom is -0.371 e. The first kappa shape index (κ1) is 14.5. The van der Waals surface area contributed by atoms with Crippen LogP contribution in [0, 0.1) is 10.1 Å². The second-order valence-corrected chi connectivity index (χ2v) is 4.91. The van der Waals surface area contributed by atoms with Crippen LogP contribution in [0.25, 0.3) is 0 Å². The first-order valence-corrected chi connectivity index (χ1v) is 6.07. The number of methoxy groups -OCH3 is 1. The van der Waals surface area contributed by atoms with Crippen molar-refractivity contribution in [3.05, 3.63) is 28.3 Å². The molecule has 0 bridgehead atoms. The van der Waals surface area contributed by atoms with Crippen LogP contribution < -0.4 is 5.32 Å². The lowest BCUT2D eigenvalue weighted by Gasteiger charge is -2.10. The van der Waals surface area contributed by atoms with E-state index in [0.29, 0.717) is 4.90 Å². The molecule has 1 amide bonds. The monoisotopic (exact) mass is 270 g/mol. The van der Waals surface area contributed by atoms with Crippen LogP contribution in [0.15, 0.2) is 23.1 Å². The number of amides is 1. The molecule has 1 atom stereocenters. The van der Waals surface area contributed by atoms with Crippen molar-refractivity contribution in [2.45, 2.75) is 24.2 Å². The number of thioether (sulfide) groups is 1. The fourth-order valence-corrected chi connectivity index (χ4v) is 2.08. The fourth-order valence-electron chi connectivity index (χ4n) is 1.27. The largest absolute Gasteiger partial charge is 0.371 e. The number of nitro groups is 1. The van der Waals surface area contributed by atoms with Crippen molar-refractivity contribution in [1.82, 2.24) is 0 Å². The quantitative estimate of drug-likeness (QED) is 0.385. The molecule has 0 aliphatic heterocycles. The Morgan fingerprint density at radius 3 is 2.72 bits per heavy atom. The van der Waals surface area contributed by atoms with Crippen molar-refractivity contribution in [2.75, 3.05) is 12.4 Å². The van der Waals surface area contributed by atoms with Crippen molar-refractivity contribution < 1.29 is 14.5 Å². The molecule has 0 saturated heterocycles. The number of nitrogens with zero attached hydrogens (tertiary/aromatic N) is 1. The summed E-state index contributed by atoms with van der Waals surface area (Å²) in [5.74, 6) is -0.344. The lowest BCUT2D eigenvalue weighted by atomic mass is 10.2. The van der Waals surface area contributed by atoms with Crippen LogP contribution in [0.5, 0.6) is 0 Å². The Labute approximate surface area is 109 Å². The highest BCUT2D eigenvalue weighted by atomic mass is 32.2. The summed E-state index contributed by atoms with van der Waals surface area (Å²) in [5.41, 5.74) is -0.0309. The Kier molecular flexibility index (Phi) is 5.11. The molecule has 7 heteroatoms. The molecule has 0 aliphatic carbocycles. The average Bonchev–Trinajstić information content (AvgIpc) is 2.30.